The number of ether oxygens (including phenoxy) is 1. The first-order chi connectivity index (χ1) is 8.11. The largest absolute Gasteiger partial charge is 0.465 e. The molecular formula is C12H12ClNO3. The van der Waals surface area contributed by atoms with Crippen molar-refractivity contribution in [1.82, 2.24) is 0 Å². The summed E-state index contributed by atoms with van der Waals surface area (Å²) in [5.41, 5.74) is 1.56. The van der Waals surface area contributed by atoms with Gasteiger partial charge in [-0.25, -0.2) is 0 Å². The summed E-state index contributed by atoms with van der Waals surface area (Å²) >= 11 is 5.87. The lowest BCUT2D eigenvalue weighted by Gasteiger charge is -2.23. The first kappa shape index (κ1) is 11.9. The van der Waals surface area contributed by atoms with Crippen molar-refractivity contribution in [1.29, 1.82) is 0 Å². The van der Waals surface area contributed by atoms with Crippen molar-refractivity contribution in [3.05, 3.63) is 28.8 Å². The molecule has 1 aliphatic heterocycles. The van der Waals surface area contributed by atoms with Crippen molar-refractivity contribution >= 4 is 29.2 Å². The summed E-state index contributed by atoms with van der Waals surface area (Å²) in [6.45, 7) is 1.98. The number of hydrogen-bond acceptors (Lipinski definition) is 3. The van der Waals surface area contributed by atoms with Gasteiger partial charge >= 0.3 is 5.97 Å². The number of rotatable bonds is 2. The second kappa shape index (κ2) is 4.75. The Kier molecular flexibility index (Phi) is 3.33. The molecule has 0 aliphatic carbocycles. The Morgan fingerprint density at radius 1 is 1.59 bits per heavy atom. The molecule has 90 valence electrons. The number of benzene rings is 1. The molecule has 0 bridgehead atoms. The lowest BCUT2D eigenvalue weighted by atomic mass is 9.93. The van der Waals surface area contributed by atoms with Crippen molar-refractivity contribution in [2.75, 3.05) is 11.9 Å². The number of fused-ring (bicyclic) bond motifs is 1. The lowest BCUT2D eigenvalue weighted by molar-refractivity contribution is -0.151. The van der Waals surface area contributed by atoms with Crippen LogP contribution in [0.4, 0.5) is 5.69 Å². The zero-order valence-corrected chi connectivity index (χ0v) is 10.1. The number of carbonyl (C=O) groups is 2. The molecule has 2 rings (SSSR count). The average molecular weight is 254 g/mol. The molecule has 0 fully saturated rings. The standard InChI is InChI=1S/C12H12ClNO3/c1-2-17-12(16)9-6-7-5-8(13)3-4-10(7)14-11(9)15/h3-5,9H,2,6H2,1H3,(H,14,15). The van der Waals surface area contributed by atoms with E-state index in [1.807, 2.05) is 0 Å². The highest BCUT2D eigenvalue weighted by Gasteiger charge is 2.33. The van der Waals surface area contributed by atoms with E-state index in [0.29, 0.717) is 17.1 Å². The smallest absolute Gasteiger partial charge is 0.318 e. The number of hydrogen-bond donors (Lipinski definition) is 1. The molecule has 1 amide bonds. The van der Waals surface area contributed by atoms with E-state index < -0.39 is 11.9 Å². The summed E-state index contributed by atoms with van der Waals surface area (Å²) in [7, 11) is 0. The second-order valence-electron chi connectivity index (χ2n) is 3.80. The highest BCUT2D eigenvalue weighted by molar-refractivity contribution is 6.30. The molecule has 0 saturated carbocycles. The van der Waals surface area contributed by atoms with Crippen LogP contribution in [0.2, 0.25) is 5.02 Å². The number of anilines is 1. The molecule has 1 heterocycles. The molecule has 0 radical (unpaired) electrons. The molecule has 1 unspecified atom stereocenters. The van der Waals surface area contributed by atoms with E-state index in [1.165, 1.54) is 0 Å². The highest BCUT2D eigenvalue weighted by atomic mass is 35.5. The Hall–Kier alpha value is -1.55. The van der Waals surface area contributed by atoms with Crippen LogP contribution in [0.3, 0.4) is 0 Å². The average Bonchev–Trinajstić information content (AvgIpc) is 2.29. The minimum atomic E-state index is -0.777. The summed E-state index contributed by atoms with van der Waals surface area (Å²) in [5.74, 6) is -1.59. The number of esters is 1. The maximum atomic E-state index is 11.7. The minimum Gasteiger partial charge on any atom is -0.465 e. The number of halogens is 1. The van der Waals surface area contributed by atoms with Gasteiger partial charge in [-0.1, -0.05) is 11.6 Å². The van der Waals surface area contributed by atoms with Crippen LogP contribution < -0.4 is 5.32 Å². The first-order valence-corrected chi connectivity index (χ1v) is 5.75. The van der Waals surface area contributed by atoms with E-state index in [-0.39, 0.29) is 12.5 Å². The van der Waals surface area contributed by atoms with E-state index in [4.69, 9.17) is 16.3 Å². The van der Waals surface area contributed by atoms with Crippen LogP contribution in [0.5, 0.6) is 0 Å². The first-order valence-electron chi connectivity index (χ1n) is 5.37. The van der Waals surface area contributed by atoms with Crippen LogP contribution in [0.25, 0.3) is 0 Å². The fourth-order valence-electron chi connectivity index (χ4n) is 1.82. The molecule has 1 N–H and O–H groups in total. The van der Waals surface area contributed by atoms with E-state index in [0.717, 1.165) is 5.56 Å². The molecular weight excluding hydrogens is 242 g/mol. The number of amides is 1. The maximum absolute atomic E-state index is 11.7. The third-order valence-electron chi connectivity index (χ3n) is 2.64. The van der Waals surface area contributed by atoms with Crippen LogP contribution in [-0.4, -0.2) is 18.5 Å². The van der Waals surface area contributed by atoms with Crippen LogP contribution in [0.15, 0.2) is 18.2 Å². The maximum Gasteiger partial charge on any atom is 0.318 e. The van der Waals surface area contributed by atoms with Crippen LogP contribution in [0, 0.1) is 5.92 Å². The van der Waals surface area contributed by atoms with Crippen molar-refractivity contribution < 1.29 is 14.3 Å². The van der Waals surface area contributed by atoms with Gasteiger partial charge in [-0.15, -0.1) is 0 Å². The van der Waals surface area contributed by atoms with E-state index in [1.54, 1.807) is 25.1 Å². The lowest BCUT2D eigenvalue weighted by Crippen LogP contribution is -2.36. The Balaban J connectivity index is 2.25. The Morgan fingerprint density at radius 2 is 2.35 bits per heavy atom. The zero-order valence-electron chi connectivity index (χ0n) is 9.33. The molecule has 0 spiro atoms. The third kappa shape index (κ3) is 2.42. The summed E-state index contributed by atoms with van der Waals surface area (Å²) < 4.78 is 4.86. The molecule has 1 aromatic carbocycles. The molecule has 1 aromatic rings. The minimum absolute atomic E-state index is 0.269. The van der Waals surface area contributed by atoms with Gasteiger partial charge in [0, 0.05) is 10.7 Å². The molecule has 17 heavy (non-hydrogen) atoms. The molecule has 1 aliphatic rings. The summed E-state index contributed by atoms with van der Waals surface area (Å²) in [5, 5.41) is 3.26. The molecule has 0 aromatic heterocycles. The molecule has 1 atom stereocenters. The highest BCUT2D eigenvalue weighted by Crippen LogP contribution is 2.28. The fourth-order valence-corrected chi connectivity index (χ4v) is 2.01. The zero-order chi connectivity index (χ0) is 12.4. The summed E-state index contributed by atoms with van der Waals surface area (Å²) in [4.78, 5) is 23.3. The Labute approximate surface area is 104 Å². The topological polar surface area (TPSA) is 55.4 Å². The van der Waals surface area contributed by atoms with Gasteiger partial charge in [0.15, 0.2) is 0 Å². The van der Waals surface area contributed by atoms with Crippen molar-refractivity contribution in [2.24, 2.45) is 5.92 Å². The van der Waals surface area contributed by atoms with Gasteiger partial charge in [-0.2, -0.15) is 0 Å². The van der Waals surface area contributed by atoms with E-state index >= 15 is 0 Å². The molecule has 5 heteroatoms. The van der Waals surface area contributed by atoms with Crippen LogP contribution >= 0.6 is 11.6 Å². The Bertz CT molecular complexity index is 473. The van der Waals surface area contributed by atoms with Crippen LogP contribution in [0.1, 0.15) is 12.5 Å². The monoisotopic (exact) mass is 253 g/mol. The van der Waals surface area contributed by atoms with Crippen molar-refractivity contribution in [3.63, 3.8) is 0 Å². The van der Waals surface area contributed by atoms with Crippen molar-refractivity contribution in [2.45, 2.75) is 13.3 Å². The van der Waals surface area contributed by atoms with Gasteiger partial charge in [0.05, 0.1) is 6.61 Å². The molecule has 4 nitrogen and oxygen atoms in total. The van der Waals surface area contributed by atoms with Gasteiger partial charge < -0.3 is 10.1 Å². The van der Waals surface area contributed by atoms with Crippen LogP contribution in [-0.2, 0) is 20.7 Å². The Morgan fingerprint density at radius 3 is 3.06 bits per heavy atom. The quantitative estimate of drug-likeness (QED) is 0.648. The van der Waals surface area contributed by atoms with E-state index in [2.05, 4.69) is 5.32 Å². The normalized spacial score (nSPS) is 18.2. The third-order valence-corrected chi connectivity index (χ3v) is 2.87. The van der Waals surface area contributed by atoms with Gasteiger partial charge in [-0.05, 0) is 37.1 Å². The van der Waals surface area contributed by atoms with Gasteiger partial charge in [-0.3, -0.25) is 9.59 Å². The van der Waals surface area contributed by atoms with Gasteiger partial charge in [0.1, 0.15) is 5.92 Å². The van der Waals surface area contributed by atoms with E-state index in [9.17, 15) is 9.59 Å². The summed E-state index contributed by atoms with van der Waals surface area (Å²) in [6, 6.07) is 5.19. The molecule has 0 saturated heterocycles. The number of nitrogens with one attached hydrogen (secondary N) is 1. The second-order valence-corrected chi connectivity index (χ2v) is 4.24. The number of carbonyl (C=O) groups excluding carboxylic acids is 2. The predicted molar refractivity (Wildman–Crippen MR) is 63.9 cm³/mol. The SMILES string of the molecule is CCOC(=O)C1Cc2cc(Cl)ccc2NC1=O. The van der Waals surface area contributed by atoms with Gasteiger partial charge in [0.25, 0.3) is 0 Å². The van der Waals surface area contributed by atoms with Gasteiger partial charge in [0.2, 0.25) is 5.91 Å². The summed E-state index contributed by atoms with van der Waals surface area (Å²) in [6.07, 6.45) is 0.334. The predicted octanol–water partition coefficient (Wildman–Crippen LogP) is 2.01. The fraction of sp³-hybridized carbons (Fsp3) is 0.333. The van der Waals surface area contributed by atoms with Crippen molar-refractivity contribution in [3.8, 4) is 0 Å².